The molecule has 1 aromatic rings. The fourth-order valence-electron chi connectivity index (χ4n) is 2.68. The molecular formula is C12H19NO. The van der Waals surface area contributed by atoms with E-state index < -0.39 is 0 Å². The van der Waals surface area contributed by atoms with Crippen LogP contribution in [0.4, 0.5) is 0 Å². The Morgan fingerprint density at radius 3 is 2.86 bits per heavy atom. The van der Waals surface area contributed by atoms with Crippen LogP contribution in [0.1, 0.15) is 44.9 Å². The van der Waals surface area contributed by atoms with Gasteiger partial charge in [-0.15, -0.1) is 0 Å². The number of nitrogens with one attached hydrogen (secondary N) is 1. The van der Waals surface area contributed by atoms with Gasteiger partial charge in [0.1, 0.15) is 0 Å². The molecule has 1 aliphatic rings. The van der Waals surface area contributed by atoms with Crippen molar-refractivity contribution in [2.24, 2.45) is 11.3 Å². The number of aromatic nitrogens is 1. The number of aromatic amines is 1. The first-order valence-corrected chi connectivity index (χ1v) is 5.42. The largest absolute Gasteiger partial charge is 0.387 e. The van der Waals surface area contributed by atoms with Gasteiger partial charge in [-0.05, 0) is 36.3 Å². The van der Waals surface area contributed by atoms with Gasteiger partial charge in [-0.1, -0.05) is 20.3 Å². The van der Waals surface area contributed by atoms with E-state index in [2.05, 4.69) is 18.8 Å². The summed E-state index contributed by atoms with van der Waals surface area (Å²) in [4.78, 5) is 3.10. The number of hydrogen-bond donors (Lipinski definition) is 2. The van der Waals surface area contributed by atoms with E-state index in [-0.39, 0.29) is 11.5 Å². The maximum Gasteiger partial charge on any atom is 0.0970 e. The van der Waals surface area contributed by atoms with E-state index in [0.717, 1.165) is 12.1 Å². The molecule has 2 unspecified atom stereocenters. The predicted molar refractivity (Wildman–Crippen MR) is 56.9 cm³/mol. The first kappa shape index (κ1) is 9.78. The monoisotopic (exact) mass is 193 g/mol. The molecular weight excluding hydrogens is 174 g/mol. The molecule has 0 aliphatic heterocycles. The Balaban J connectivity index is 2.16. The van der Waals surface area contributed by atoms with Crippen molar-refractivity contribution in [1.29, 1.82) is 0 Å². The number of H-pyrrole nitrogens is 1. The summed E-state index contributed by atoms with van der Waals surface area (Å²) in [7, 11) is 0. The summed E-state index contributed by atoms with van der Waals surface area (Å²) >= 11 is 0. The van der Waals surface area contributed by atoms with Crippen molar-refractivity contribution in [2.45, 2.75) is 39.2 Å². The number of hydrogen-bond acceptors (Lipinski definition) is 1. The molecule has 1 heterocycles. The third-order valence-corrected chi connectivity index (χ3v) is 3.66. The number of aliphatic hydroxyl groups excluding tert-OH is 1. The van der Waals surface area contributed by atoms with E-state index in [4.69, 9.17) is 0 Å². The highest BCUT2D eigenvalue weighted by Gasteiger charge is 2.39. The van der Waals surface area contributed by atoms with Crippen molar-refractivity contribution < 1.29 is 5.11 Å². The van der Waals surface area contributed by atoms with Gasteiger partial charge in [-0.25, -0.2) is 0 Å². The fourth-order valence-corrected chi connectivity index (χ4v) is 2.68. The quantitative estimate of drug-likeness (QED) is 0.744. The van der Waals surface area contributed by atoms with Gasteiger partial charge in [-0.3, -0.25) is 0 Å². The van der Waals surface area contributed by atoms with Gasteiger partial charge in [-0.2, -0.15) is 0 Å². The van der Waals surface area contributed by atoms with E-state index in [1.54, 1.807) is 0 Å². The van der Waals surface area contributed by atoms with E-state index in [1.807, 2.05) is 18.3 Å². The molecule has 1 fully saturated rings. The van der Waals surface area contributed by atoms with Crippen LogP contribution in [0.25, 0.3) is 0 Å². The maximum absolute atomic E-state index is 10.2. The van der Waals surface area contributed by atoms with Crippen LogP contribution in [0.3, 0.4) is 0 Å². The molecule has 0 spiro atoms. The molecule has 2 nitrogen and oxygen atoms in total. The normalized spacial score (nSPS) is 27.8. The van der Waals surface area contributed by atoms with Gasteiger partial charge < -0.3 is 10.1 Å². The predicted octanol–water partition coefficient (Wildman–Crippen LogP) is 2.87. The van der Waals surface area contributed by atoms with Gasteiger partial charge in [0.25, 0.3) is 0 Å². The Hall–Kier alpha value is -0.760. The molecule has 0 bridgehead atoms. The van der Waals surface area contributed by atoms with Crippen LogP contribution in [0.5, 0.6) is 0 Å². The SMILES string of the molecule is CC1(C)CCCC1C(O)c1ccc[nH]1. The van der Waals surface area contributed by atoms with Crippen molar-refractivity contribution in [3.8, 4) is 0 Å². The fraction of sp³-hybridized carbons (Fsp3) is 0.667. The van der Waals surface area contributed by atoms with E-state index >= 15 is 0 Å². The second-order valence-electron chi connectivity index (χ2n) is 5.06. The van der Waals surface area contributed by atoms with Gasteiger partial charge in [0, 0.05) is 11.9 Å². The van der Waals surface area contributed by atoms with Crippen molar-refractivity contribution in [2.75, 3.05) is 0 Å². The lowest BCUT2D eigenvalue weighted by atomic mass is 9.78. The number of aliphatic hydroxyl groups is 1. The zero-order valence-corrected chi connectivity index (χ0v) is 8.96. The van der Waals surface area contributed by atoms with Crippen LogP contribution in [0.15, 0.2) is 18.3 Å². The van der Waals surface area contributed by atoms with E-state index in [0.29, 0.717) is 5.92 Å². The standard InChI is InChI=1S/C12H19NO/c1-12(2)7-3-5-9(12)11(14)10-6-4-8-13-10/h4,6,8-9,11,13-14H,3,5,7H2,1-2H3. The lowest BCUT2D eigenvalue weighted by Crippen LogP contribution is -2.24. The summed E-state index contributed by atoms with van der Waals surface area (Å²) in [6, 6.07) is 3.92. The van der Waals surface area contributed by atoms with Crippen LogP contribution in [-0.4, -0.2) is 10.1 Å². The molecule has 2 rings (SSSR count). The van der Waals surface area contributed by atoms with Crippen LogP contribution < -0.4 is 0 Å². The Labute approximate surface area is 85.3 Å². The highest BCUT2D eigenvalue weighted by atomic mass is 16.3. The molecule has 1 saturated carbocycles. The second-order valence-corrected chi connectivity index (χ2v) is 5.06. The molecule has 0 radical (unpaired) electrons. The molecule has 2 N–H and O–H groups in total. The number of rotatable bonds is 2. The topological polar surface area (TPSA) is 36.0 Å². The van der Waals surface area contributed by atoms with Gasteiger partial charge in [0.15, 0.2) is 0 Å². The minimum Gasteiger partial charge on any atom is -0.387 e. The molecule has 1 aliphatic carbocycles. The van der Waals surface area contributed by atoms with Crippen molar-refractivity contribution >= 4 is 0 Å². The van der Waals surface area contributed by atoms with Gasteiger partial charge in [0.2, 0.25) is 0 Å². The van der Waals surface area contributed by atoms with Crippen LogP contribution in [0.2, 0.25) is 0 Å². The third-order valence-electron chi connectivity index (χ3n) is 3.66. The lowest BCUT2D eigenvalue weighted by Gasteiger charge is -2.30. The summed E-state index contributed by atoms with van der Waals surface area (Å²) < 4.78 is 0. The zero-order chi connectivity index (χ0) is 10.2. The van der Waals surface area contributed by atoms with Crippen LogP contribution in [0, 0.1) is 11.3 Å². The van der Waals surface area contributed by atoms with E-state index in [9.17, 15) is 5.11 Å². The molecule has 0 saturated heterocycles. The molecule has 2 atom stereocenters. The third kappa shape index (κ3) is 1.59. The summed E-state index contributed by atoms with van der Waals surface area (Å²) in [5, 5.41) is 10.2. The Morgan fingerprint density at radius 2 is 2.36 bits per heavy atom. The Bertz CT molecular complexity index is 289. The molecule has 0 aromatic carbocycles. The molecule has 2 heteroatoms. The molecule has 0 amide bonds. The lowest BCUT2D eigenvalue weighted by molar-refractivity contribution is 0.0503. The minimum absolute atomic E-state index is 0.282. The minimum atomic E-state index is -0.317. The molecule has 1 aromatic heterocycles. The highest BCUT2D eigenvalue weighted by molar-refractivity contribution is 5.10. The van der Waals surface area contributed by atoms with Crippen LogP contribution in [-0.2, 0) is 0 Å². The summed E-state index contributed by atoms with van der Waals surface area (Å²) in [5.74, 6) is 0.404. The first-order valence-electron chi connectivity index (χ1n) is 5.42. The average molecular weight is 193 g/mol. The van der Waals surface area contributed by atoms with E-state index in [1.165, 1.54) is 12.8 Å². The summed E-state index contributed by atoms with van der Waals surface area (Å²) in [6.45, 7) is 4.52. The first-order chi connectivity index (χ1) is 6.61. The Kier molecular flexibility index (Phi) is 2.40. The van der Waals surface area contributed by atoms with Crippen molar-refractivity contribution in [3.63, 3.8) is 0 Å². The maximum atomic E-state index is 10.2. The van der Waals surface area contributed by atoms with Gasteiger partial charge >= 0.3 is 0 Å². The summed E-state index contributed by atoms with van der Waals surface area (Å²) in [6.07, 6.45) is 5.18. The average Bonchev–Trinajstić information content (AvgIpc) is 2.71. The molecule has 14 heavy (non-hydrogen) atoms. The second kappa shape index (κ2) is 3.43. The van der Waals surface area contributed by atoms with Crippen LogP contribution >= 0.6 is 0 Å². The van der Waals surface area contributed by atoms with Crippen molar-refractivity contribution in [1.82, 2.24) is 4.98 Å². The zero-order valence-electron chi connectivity index (χ0n) is 8.96. The highest BCUT2D eigenvalue weighted by Crippen LogP contribution is 2.48. The smallest absolute Gasteiger partial charge is 0.0970 e. The van der Waals surface area contributed by atoms with Crippen molar-refractivity contribution in [3.05, 3.63) is 24.0 Å². The van der Waals surface area contributed by atoms with Gasteiger partial charge in [0.05, 0.1) is 6.10 Å². The Morgan fingerprint density at radius 1 is 1.57 bits per heavy atom. The summed E-state index contributed by atoms with van der Waals surface area (Å²) in [5.41, 5.74) is 1.25. The molecule has 78 valence electrons.